The zero-order chi connectivity index (χ0) is 18.8. The maximum absolute atomic E-state index is 13.3. The van der Waals surface area contributed by atoms with Crippen molar-refractivity contribution in [3.05, 3.63) is 53.3 Å². The Balaban J connectivity index is 1.43. The first-order valence-electron chi connectivity index (χ1n) is 9.83. The van der Waals surface area contributed by atoms with Gasteiger partial charge >= 0.3 is 0 Å². The first-order chi connectivity index (χ1) is 13.2. The molecule has 2 aliphatic rings. The number of carbonyl (C=O) groups excluding carboxylic acids is 1. The predicted octanol–water partition coefficient (Wildman–Crippen LogP) is 2.21. The molecule has 4 rings (SSSR count). The molecule has 6 heteroatoms. The molecule has 2 aromatic rings. The molecule has 1 atom stereocenters. The van der Waals surface area contributed by atoms with Crippen LogP contribution >= 0.6 is 0 Å². The number of hydrogen-bond donors (Lipinski definition) is 1. The smallest absolute Gasteiger partial charge is 0.240 e. The summed E-state index contributed by atoms with van der Waals surface area (Å²) in [6.07, 6.45) is 4.38. The Hall–Kier alpha value is -2.47. The predicted molar refractivity (Wildman–Crippen MR) is 105 cm³/mol. The van der Waals surface area contributed by atoms with Crippen molar-refractivity contribution in [2.75, 3.05) is 25.4 Å². The quantitative estimate of drug-likeness (QED) is 0.903. The number of fused-ring (bicyclic) bond motifs is 1. The molecule has 1 aromatic heterocycles. The van der Waals surface area contributed by atoms with Crippen LogP contribution in [0.4, 0.5) is 5.95 Å². The van der Waals surface area contributed by atoms with Gasteiger partial charge in [0, 0.05) is 37.4 Å². The maximum Gasteiger partial charge on any atom is 0.240 e. The van der Waals surface area contributed by atoms with Crippen molar-refractivity contribution in [3.63, 3.8) is 0 Å². The fraction of sp³-hybridized carbons (Fsp3) is 0.476. The van der Waals surface area contributed by atoms with Gasteiger partial charge in [-0.25, -0.2) is 9.97 Å². The molecule has 1 unspecified atom stereocenters. The van der Waals surface area contributed by atoms with Gasteiger partial charge in [-0.2, -0.15) is 0 Å². The topological polar surface area (TPSA) is 75.4 Å². The highest BCUT2D eigenvalue weighted by Gasteiger charge is 2.35. The summed E-state index contributed by atoms with van der Waals surface area (Å²) < 4.78 is 0. The van der Waals surface area contributed by atoms with Crippen molar-refractivity contribution in [1.82, 2.24) is 19.8 Å². The third-order valence-corrected chi connectivity index (χ3v) is 5.96. The summed E-state index contributed by atoms with van der Waals surface area (Å²) >= 11 is 0. The minimum Gasteiger partial charge on any atom is -0.368 e. The number of nitrogens with zero attached hydrogens (tertiary/aromatic N) is 4. The summed E-state index contributed by atoms with van der Waals surface area (Å²) in [5, 5.41) is 0. The molecule has 1 aromatic carbocycles. The highest BCUT2D eigenvalue weighted by Crippen LogP contribution is 2.29. The van der Waals surface area contributed by atoms with E-state index in [2.05, 4.69) is 46.1 Å². The van der Waals surface area contributed by atoms with E-state index in [0.717, 1.165) is 51.1 Å². The van der Waals surface area contributed by atoms with Crippen LogP contribution in [0.1, 0.15) is 42.5 Å². The number of nitrogen functional groups attached to an aromatic ring is 1. The van der Waals surface area contributed by atoms with Gasteiger partial charge in [0.15, 0.2) is 0 Å². The number of amides is 1. The van der Waals surface area contributed by atoms with E-state index < -0.39 is 0 Å². The van der Waals surface area contributed by atoms with Crippen LogP contribution in [-0.2, 0) is 17.8 Å². The molecular weight excluding hydrogens is 338 g/mol. The molecular formula is C21H27N5O. The number of hydrogen-bond acceptors (Lipinski definition) is 5. The minimum atomic E-state index is -0.0452. The van der Waals surface area contributed by atoms with Crippen LogP contribution in [0.2, 0.25) is 0 Å². The molecule has 1 amide bonds. The third-order valence-electron chi connectivity index (χ3n) is 5.96. The second-order valence-electron chi connectivity index (χ2n) is 7.49. The van der Waals surface area contributed by atoms with Crippen molar-refractivity contribution in [1.29, 1.82) is 0 Å². The van der Waals surface area contributed by atoms with Gasteiger partial charge in [0.05, 0.1) is 6.04 Å². The Bertz CT molecular complexity index is 816. The first-order valence-corrected chi connectivity index (χ1v) is 9.83. The van der Waals surface area contributed by atoms with E-state index in [1.54, 1.807) is 6.20 Å². The summed E-state index contributed by atoms with van der Waals surface area (Å²) in [6.45, 7) is 5.45. The van der Waals surface area contributed by atoms with Crippen LogP contribution in [0.15, 0.2) is 36.5 Å². The largest absolute Gasteiger partial charge is 0.368 e. The molecule has 6 nitrogen and oxygen atoms in total. The highest BCUT2D eigenvalue weighted by molar-refractivity contribution is 5.82. The van der Waals surface area contributed by atoms with Gasteiger partial charge in [-0.3, -0.25) is 9.69 Å². The number of anilines is 1. The number of nitrogens with two attached hydrogens (primary N) is 1. The molecule has 0 saturated carbocycles. The highest BCUT2D eigenvalue weighted by atomic mass is 16.2. The standard InChI is InChI=1S/C21H27N5O/c1-2-25-14-17-6-4-3-5-16(17)13-19(25)20(27)26-11-8-15(9-12-26)18-7-10-23-21(22)24-18/h3-7,10,15,19H,2,8-9,11-14H2,1H3,(H2,22,23,24). The molecule has 2 N–H and O–H groups in total. The lowest BCUT2D eigenvalue weighted by atomic mass is 9.90. The van der Waals surface area contributed by atoms with Gasteiger partial charge < -0.3 is 10.6 Å². The summed E-state index contributed by atoms with van der Waals surface area (Å²) in [6, 6.07) is 10.4. The Morgan fingerprint density at radius 1 is 1.19 bits per heavy atom. The van der Waals surface area contributed by atoms with Crippen molar-refractivity contribution in [2.24, 2.45) is 0 Å². The van der Waals surface area contributed by atoms with Crippen LogP contribution in [0, 0.1) is 0 Å². The van der Waals surface area contributed by atoms with Crippen LogP contribution in [-0.4, -0.2) is 51.4 Å². The van der Waals surface area contributed by atoms with Crippen LogP contribution in [0.5, 0.6) is 0 Å². The van der Waals surface area contributed by atoms with Crippen molar-refractivity contribution < 1.29 is 4.79 Å². The summed E-state index contributed by atoms with van der Waals surface area (Å²) in [7, 11) is 0. The van der Waals surface area contributed by atoms with Crippen molar-refractivity contribution in [3.8, 4) is 0 Å². The van der Waals surface area contributed by atoms with E-state index in [1.165, 1.54) is 11.1 Å². The van der Waals surface area contributed by atoms with Crippen molar-refractivity contribution in [2.45, 2.75) is 44.7 Å². The van der Waals surface area contributed by atoms with Crippen LogP contribution in [0.25, 0.3) is 0 Å². The first kappa shape index (κ1) is 17.9. The molecule has 1 saturated heterocycles. The van der Waals surface area contributed by atoms with Gasteiger partial charge in [0.2, 0.25) is 11.9 Å². The van der Waals surface area contributed by atoms with E-state index in [-0.39, 0.29) is 11.9 Å². The molecule has 0 radical (unpaired) electrons. The Morgan fingerprint density at radius 3 is 2.63 bits per heavy atom. The second-order valence-corrected chi connectivity index (χ2v) is 7.49. The molecule has 0 bridgehead atoms. The number of likely N-dealkylation sites (N-methyl/N-ethyl adjacent to an activating group) is 1. The molecule has 0 aliphatic carbocycles. The van der Waals surface area contributed by atoms with Crippen LogP contribution in [0.3, 0.4) is 0 Å². The Labute approximate surface area is 160 Å². The fourth-order valence-corrected chi connectivity index (χ4v) is 4.38. The number of aromatic nitrogens is 2. The van der Waals surface area contributed by atoms with Gasteiger partial charge in [0.25, 0.3) is 0 Å². The van der Waals surface area contributed by atoms with Crippen LogP contribution < -0.4 is 5.73 Å². The van der Waals surface area contributed by atoms with Gasteiger partial charge in [-0.15, -0.1) is 0 Å². The average molecular weight is 365 g/mol. The summed E-state index contributed by atoms with van der Waals surface area (Å²) in [5.41, 5.74) is 9.37. The average Bonchev–Trinajstić information content (AvgIpc) is 2.72. The maximum atomic E-state index is 13.3. The van der Waals surface area contributed by atoms with Gasteiger partial charge in [-0.05, 0) is 43.0 Å². The fourth-order valence-electron chi connectivity index (χ4n) is 4.38. The van der Waals surface area contributed by atoms with Gasteiger partial charge in [0.1, 0.15) is 0 Å². The lowest BCUT2D eigenvalue weighted by Gasteiger charge is -2.40. The van der Waals surface area contributed by atoms with E-state index in [1.807, 2.05) is 11.0 Å². The number of piperidine rings is 1. The number of rotatable bonds is 3. The summed E-state index contributed by atoms with van der Waals surface area (Å²) in [4.78, 5) is 26.0. The minimum absolute atomic E-state index is 0.0452. The van der Waals surface area contributed by atoms with E-state index in [9.17, 15) is 4.79 Å². The summed E-state index contributed by atoms with van der Waals surface area (Å²) in [5.74, 6) is 0.950. The zero-order valence-corrected chi connectivity index (χ0v) is 15.8. The Kier molecular flexibility index (Phi) is 5.07. The lowest BCUT2D eigenvalue weighted by molar-refractivity contribution is -0.138. The lowest BCUT2D eigenvalue weighted by Crippen LogP contribution is -2.53. The number of benzene rings is 1. The molecule has 3 heterocycles. The van der Waals surface area contributed by atoms with Gasteiger partial charge in [-0.1, -0.05) is 31.2 Å². The second kappa shape index (κ2) is 7.64. The van der Waals surface area contributed by atoms with E-state index in [0.29, 0.717) is 11.9 Å². The monoisotopic (exact) mass is 365 g/mol. The SMILES string of the molecule is CCN1Cc2ccccc2CC1C(=O)N1CCC(c2ccnc(N)n2)CC1. The third kappa shape index (κ3) is 3.67. The molecule has 142 valence electrons. The molecule has 27 heavy (non-hydrogen) atoms. The molecule has 0 spiro atoms. The van der Waals surface area contributed by atoms with E-state index >= 15 is 0 Å². The number of carbonyl (C=O) groups is 1. The molecule has 1 fully saturated rings. The molecule has 2 aliphatic heterocycles. The normalized spacial score (nSPS) is 21.1. The van der Waals surface area contributed by atoms with E-state index in [4.69, 9.17) is 5.73 Å². The number of likely N-dealkylation sites (tertiary alicyclic amines) is 1. The zero-order valence-electron chi connectivity index (χ0n) is 15.8. The van der Waals surface area contributed by atoms with Crippen molar-refractivity contribution >= 4 is 11.9 Å². The Morgan fingerprint density at radius 2 is 1.93 bits per heavy atom.